The second-order valence-corrected chi connectivity index (χ2v) is 7.33. The normalized spacial score (nSPS) is 19.5. The summed E-state index contributed by atoms with van der Waals surface area (Å²) in [5.41, 5.74) is 4.26. The van der Waals surface area contributed by atoms with Gasteiger partial charge in [-0.2, -0.15) is 0 Å². The molecule has 2 heterocycles. The minimum absolute atomic E-state index is 0.0846. The summed E-state index contributed by atoms with van der Waals surface area (Å²) < 4.78 is 5.80. The van der Waals surface area contributed by atoms with E-state index >= 15 is 0 Å². The maximum atomic E-state index is 12.6. The molecule has 5 nitrogen and oxygen atoms in total. The monoisotopic (exact) mass is 365 g/mol. The molecule has 2 aliphatic rings. The molecule has 0 bridgehead atoms. The third-order valence-corrected chi connectivity index (χ3v) is 5.59. The molecule has 1 atom stereocenters. The van der Waals surface area contributed by atoms with Gasteiger partial charge in [0.1, 0.15) is 5.75 Å². The Bertz CT molecular complexity index is 803. The van der Waals surface area contributed by atoms with Crippen molar-refractivity contribution in [2.75, 3.05) is 42.9 Å². The third kappa shape index (κ3) is 3.78. The molecule has 0 radical (unpaired) electrons. The number of benzene rings is 2. The van der Waals surface area contributed by atoms with Crippen LogP contribution in [0, 0.1) is 6.92 Å². The quantitative estimate of drug-likeness (QED) is 0.904. The maximum absolute atomic E-state index is 12.6. The summed E-state index contributed by atoms with van der Waals surface area (Å²) in [5, 5.41) is 3.04. The second kappa shape index (κ2) is 7.61. The number of nitrogens with one attached hydrogen (secondary N) is 1. The molecule has 1 fully saturated rings. The Kier molecular flexibility index (Phi) is 5.03. The van der Waals surface area contributed by atoms with Crippen LogP contribution in [0.25, 0.3) is 0 Å². The first-order valence-electron chi connectivity index (χ1n) is 9.77. The first kappa shape index (κ1) is 17.9. The van der Waals surface area contributed by atoms with Crippen LogP contribution in [0.15, 0.2) is 42.5 Å². The predicted molar refractivity (Wildman–Crippen MR) is 109 cm³/mol. The first-order chi connectivity index (χ1) is 13.1. The summed E-state index contributed by atoms with van der Waals surface area (Å²) in [6, 6.07) is 14.1. The lowest BCUT2D eigenvalue weighted by Gasteiger charge is -2.35. The SMILES string of the molecule is CCN1CCN(c2ccc(NC(=O)C3Cc4ccccc4O3)c(C)c2)CC1. The van der Waals surface area contributed by atoms with E-state index < -0.39 is 6.10 Å². The number of nitrogens with zero attached hydrogens (tertiary/aromatic N) is 2. The lowest BCUT2D eigenvalue weighted by molar-refractivity contribution is -0.122. The van der Waals surface area contributed by atoms with Gasteiger partial charge in [-0.15, -0.1) is 0 Å². The van der Waals surface area contributed by atoms with Gasteiger partial charge in [0.15, 0.2) is 6.10 Å². The van der Waals surface area contributed by atoms with Gasteiger partial charge in [0.25, 0.3) is 5.91 Å². The zero-order chi connectivity index (χ0) is 18.8. The molecule has 0 aromatic heterocycles. The molecule has 142 valence electrons. The number of rotatable bonds is 4. The van der Waals surface area contributed by atoms with Crippen LogP contribution in [0.2, 0.25) is 0 Å². The predicted octanol–water partition coefficient (Wildman–Crippen LogP) is 3.08. The number of fused-ring (bicyclic) bond motifs is 1. The van der Waals surface area contributed by atoms with Gasteiger partial charge in [0, 0.05) is 44.0 Å². The Morgan fingerprint density at radius 3 is 2.63 bits per heavy atom. The molecule has 0 aliphatic carbocycles. The number of hydrogen-bond acceptors (Lipinski definition) is 4. The molecule has 4 rings (SSSR count). The molecule has 1 saturated heterocycles. The van der Waals surface area contributed by atoms with Gasteiger partial charge in [-0.05, 0) is 48.9 Å². The van der Waals surface area contributed by atoms with E-state index in [1.165, 1.54) is 5.69 Å². The van der Waals surface area contributed by atoms with Crippen molar-refractivity contribution in [1.82, 2.24) is 4.90 Å². The molecule has 1 amide bonds. The van der Waals surface area contributed by atoms with E-state index in [0.29, 0.717) is 6.42 Å². The molecule has 2 aliphatic heterocycles. The van der Waals surface area contributed by atoms with Gasteiger partial charge in [0.05, 0.1) is 0 Å². The van der Waals surface area contributed by atoms with Crippen molar-refractivity contribution < 1.29 is 9.53 Å². The van der Waals surface area contributed by atoms with Crippen LogP contribution in [-0.2, 0) is 11.2 Å². The van der Waals surface area contributed by atoms with E-state index in [9.17, 15) is 4.79 Å². The van der Waals surface area contributed by atoms with Crippen molar-refractivity contribution in [2.24, 2.45) is 0 Å². The van der Waals surface area contributed by atoms with Crippen LogP contribution >= 0.6 is 0 Å². The van der Waals surface area contributed by atoms with Gasteiger partial charge < -0.3 is 19.9 Å². The highest BCUT2D eigenvalue weighted by Crippen LogP contribution is 2.29. The van der Waals surface area contributed by atoms with Crippen molar-refractivity contribution in [3.05, 3.63) is 53.6 Å². The number of ether oxygens (including phenoxy) is 1. The number of carbonyl (C=O) groups excluding carboxylic acids is 1. The molecule has 1 N–H and O–H groups in total. The largest absolute Gasteiger partial charge is 0.480 e. The average Bonchev–Trinajstić information content (AvgIpc) is 3.14. The summed E-state index contributed by atoms with van der Waals surface area (Å²) in [7, 11) is 0. The van der Waals surface area contributed by atoms with Crippen LogP contribution < -0.4 is 15.0 Å². The van der Waals surface area contributed by atoms with E-state index in [4.69, 9.17) is 4.74 Å². The highest BCUT2D eigenvalue weighted by Gasteiger charge is 2.29. The summed E-state index contributed by atoms with van der Waals surface area (Å²) in [6.45, 7) is 9.68. The summed E-state index contributed by atoms with van der Waals surface area (Å²) >= 11 is 0. The van der Waals surface area contributed by atoms with Gasteiger partial charge in [-0.3, -0.25) is 4.79 Å². The zero-order valence-corrected chi connectivity index (χ0v) is 16.1. The van der Waals surface area contributed by atoms with Crippen molar-refractivity contribution in [2.45, 2.75) is 26.4 Å². The number of piperazine rings is 1. The van der Waals surface area contributed by atoms with Crippen LogP contribution in [0.5, 0.6) is 5.75 Å². The molecule has 5 heteroatoms. The molecule has 27 heavy (non-hydrogen) atoms. The second-order valence-electron chi connectivity index (χ2n) is 7.33. The Labute approximate surface area is 160 Å². The molecule has 0 spiro atoms. The fraction of sp³-hybridized carbons (Fsp3) is 0.409. The molecular weight excluding hydrogens is 338 g/mol. The van der Waals surface area contributed by atoms with Crippen molar-refractivity contribution in [3.8, 4) is 5.75 Å². The number of anilines is 2. The van der Waals surface area contributed by atoms with Gasteiger partial charge >= 0.3 is 0 Å². The number of likely N-dealkylation sites (N-methyl/N-ethyl adjacent to an activating group) is 1. The summed E-state index contributed by atoms with van der Waals surface area (Å²) in [5.74, 6) is 0.731. The number of carbonyl (C=O) groups is 1. The minimum atomic E-state index is -0.455. The van der Waals surface area contributed by atoms with Gasteiger partial charge in [0.2, 0.25) is 0 Å². The fourth-order valence-corrected chi connectivity index (χ4v) is 3.85. The van der Waals surface area contributed by atoms with Crippen LogP contribution in [0.3, 0.4) is 0 Å². The third-order valence-electron chi connectivity index (χ3n) is 5.59. The zero-order valence-electron chi connectivity index (χ0n) is 16.1. The Hall–Kier alpha value is -2.53. The summed E-state index contributed by atoms with van der Waals surface area (Å²) in [6.07, 6.45) is 0.171. The Morgan fingerprint density at radius 1 is 1.15 bits per heavy atom. The number of hydrogen-bond donors (Lipinski definition) is 1. The standard InChI is InChI=1S/C22H27N3O2/c1-3-24-10-12-25(13-11-24)18-8-9-19(16(2)14-18)23-22(26)21-15-17-6-4-5-7-20(17)27-21/h4-9,14,21H,3,10-13,15H2,1-2H3,(H,23,26). The van der Waals surface area contributed by atoms with E-state index in [1.807, 2.05) is 37.3 Å². The number of para-hydroxylation sites is 1. The Balaban J connectivity index is 1.39. The van der Waals surface area contributed by atoms with E-state index in [-0.39, 0.29) is 5.91 Å². The van der Waals surface area contributed by atoms with E-state index in [1.54, 1.807) is 0 Å². The number of aryl methyl sites for hydroxylation is 1. The highest BCUT2D eigenvalue weighted by molar-refractivity contribution is 5.96. The lowest BCUT2D eigenvalue weighted by Crippen LogP contribution is -2.46. The average molecular weight is 365 g/mol. The first-order valence-corrected chi connectivity index (χ1v) is 9.77. The van der Waals surface area contributed by atoms with Crippen molar-refractivity contribution in [3.63, 3.8) is 0 Å². The van der Waals surface area contributed by atoms with Crippen LogP contribution in [-0.4, -0.2) is 49.6 Å². The fourth-order valence-electron chi connectivity index (χ4n) is 3.85. The van der Waals surface area contributed by atoms with Crippen LogP contribution in [0.4, 0.5) is 11.4 Å². The highest BCUT2D eigenvalue weighted by atomic mass is 16.5. The summed E-state index contributed by atoms with van der Waals surface area (Å²) in [4.78, 5) is 17.5. The molecule has 2 aromatic carbocycles. The van der Waals surface area contributed by atoms with Gasteiger partial charge in [-0.25, -0.2) is 0 Å². The van der Waals surface area contributed by atoms with Crippen molar-refractivity contribution in [1.29, 1.82) is 0 Å². The van der Waals surface area contributed by atoms with Gasteiger partial charge in [-0.1, -0.05) is 25.1 Å². The van der Waals surface area contributed by atoms with E-state index in [0.717, 1.165) is 55.3 Å². The molecular formula is C22H27N3O2. The lowest BCUT2D eigenvalue weighted by atomic mass is 10.1. The maximum Gasteiger partial charge on any atom is 0.265 e. The smallest absolute Gasteiger partial charge is 0.265 e. The van der Waals surface area contributed by atoms with Crippen LogP contribution in [0.1, 0.15) is 18.1 Å². The molecule has 2 aromatic rings. The topological polar surface area (TPSA) is 44.8 Å². The minimum Gasteiger partial charge on any atom is -0.480 e. The Morgan fingerprint density at radius 2 is 1.93 bits per heavy atom. The number of amides is 1. The molecule has 1 unspecified atom stereocenters. The van der Waals surface area contributed by atoms with Crippen molar-refractivity contribution >= 4 is 17.3 Å². The molecule has 0 saturated carbocycles. The van der Waals surface area contributed by atoms with E-state index in [2.05, 4.69) is 34.2 Å².